The maximum Gasteiger partial charge on any atom is 0.270 e. The molecule has 0 aromatic heterocycles. The Bertz CT molecular complexity index is 494. The van der Waals surface area contributed by atoms with Gasteiger partial charge < -0.3 is 10.0 Å². The lowest BCUT2D eigenvalue weighted by Gasteiger charge is -2.29. The van der Waals surface area contributed by atoms with Crippen LogP contribution in [0.15, 0.2) is 18.2 Å². The lowest BCUT2D eigenvalue weighted by molar-refractivity contribution is -0.384. The van der Waals surface area contributed by atoms with Gasteiger partial charge in [0.25, 0.3) is 5.69 Å². The normalized spacial score (nSPS) is 10.3. The summed E-state index contributed by atoms with van der Waals surface area (Å²) < 4.78 is 0. The smallest absolute Gasteiger partial charge is 0.270 e. The maximum atomic E-state index is 10.7. The minimum atomic E-state index is -0.516. The van der Waals surface area contributed by atoms with E-state index in [1.165, 1.54) is 12.1 Å². The summed E-state index contributed by atoms with van der Waals surface area (Å²) in [5.74, 6) is 0. The fourth-order valence-corrected chi connectivity index (χ4v) is 1.88. The van der Waals surface area contributed by atoms with E-state index < -0.39 is 4.92 Å². The van der Waals surface area contributed by atoms with Gasteiger partial charge in [0.1, 0.15) is 6.07 Å². The van der Waals surface area contributed by atoms with Crippen molar-refractivity contribution < 1.29 is 10.0 Å². The van der Waals surface area contributed by atoms with E-state index in [0.717, 1.165) is 0 Å². The Balaban J connectivity index is 3.16. The SMILES string of the molecule is CC(C)N(CCCO)c1ccc([N+](=O)[O-])cc1C#N. The number of aliphatic hydroxyl groups is 1. The van der Waals surface area contributed by atoms with Gasteiger partial charge in [-0.05, 0) is 26.3 Å². The van der Waals surface area contributed by atoms with E-state index >= 15 is 0 Å². The zero-order chi connectivity index (χ0) is 14.4. The number of non-ortho nitro benzene ring substituents is 1. The first-order valence-corrected chi connectivity index (χ1v) is 6.07. The molecule has 102 valence electrons. The van der Waals surface area contributed by atoms with Gasteiger partial charge in [0.15, 0.2) is 0 Å². The number of benzene rings is 1. The fraction of sp³-hybridized carbons (Fsp3) is 0.462. The number of nitro groups is 1. The third kappa shape index (κ3) is 3.66. The second-order valence-corrected chi connectivity index (χ2v) is 4.43. The van der Waals surface area contributed by atoms with Crippen LogP contribution in [-0.4, -0.2) is 29.2 Å². The molecule has 0 spiro atoms. The summed E-state index contributed by atoms with van der Waals surface area (Å²) in [6.07, 6.45) is 0.583. The van der Waals surface area contributed by atoms with Crippen molar-refractivity contribution in [3.8, 4) is 6.07 Å². The minimum absolute atomic E-state index is 0.0675. The predicted octanol–water partition coefficient (Wildman–Crippen LogP) is 2.06. The summed E-state index contributed by atoms with van der Waals surface area (Å²) in [5.41, 5.74) is 0.851. The summed E-state index contributed by atoms with van der Waals surface area (Å²) in [6, 6.07) is 6.40. The van der Waals surface area contributed by atoms with Crippen LogP contribution in [0.25, 0.3) is 0 Å². The van der Waals surface area contributed by atoms with E-state index in [-0.39, 0.29) is 23.9 Å². The molecule has 0 aliphatic carbocycles. The van der Waals surface area contributed by atoms with Gasteiger partial charge in [-0.25, -0.2) is 0 Å². The Labute approximate surface area is 112 Å². The van der Waals surface area contributed by atoms with Gasteiger partial charge >= 0.3 is 0 Å². The average molecular weight is 263 g/mol. The molecule has 1 rings (SSSR count). The standard InChI is InChI=1S/C13H17N3O3/c1-10(2)15(6-3-7-17)13-5-4-12(16(18)19)8-11(13)9-14/h4-5,8,10,17H,3,6-7H2,1-2H3. The van der Waals surface area contributed by atoms with E-state index in [0.29, 0.717) is 18.7 Å². The third-order valence-corrected chi connectivity index (χ3v) is 2.80. The molecule has 0 aliphatic rings. The molecule has 0 fully saturated rings. The number of nitro benzene ring substituents is 1. The van der Waals surface area contributed by atoms with Gasteiger partial charge in [0.05, 0.1) is 16.2 Å². The molecule has 6 nitrogen and oxygen atoms in total. The monoisotopic (exact) mass is 263 g/mol. The van der Waals surface area contributed by atoms with Crippen LogP contribution in [0.4, 0.5) is 11.4 Å². The average Bonchev–Trinajstić information content (AvgIpc) is 2.38. The molecular weight excluding hydrogens is 246 g/mol. The molecular formula is C13H17N3O3. The van der Waals surface area contributed by atoms with Gasteiger partial charge in [-0.15, -0.1) is 0 Å². The van der Waals surface area contributed by atoms with Crippen molar-refractivity contribution >= 4 is 11.4 Å². The molecule has 1 aromatic carbocycles. The molecule has 6 heteroatoms. The van der Waals surface area contributed by atoms with Crippen LogP contribution in [0.3, 0.4) is 0 Å². The first-order chi connectivity index (χ1) is 9.01. The highest BCUT2D eigenvalue weighted by atomic mass is 16.6. The largest absolute Gasteiger partial charge is 0.396 e. The third-order valence-electron chi connectivity index (χ3n) is 2.80. The molecule has 0 unspecified atom stereocenters. The van der Waals surface area contributed by atoms with E-state index in [4.69, 9.17) is 10.4 Å². The highest BCUT2D eigenvalue weighted by molar-refractivity contribution is 5.63. The van der Waals surface area contributed by atoms with Crippen molar-refractivity contribution in [1.82, 2.24) is 0 Å². The van der Waals surface area contributed by atoms with Crippen LogP contribution in [0.5, 0.6) is 0 Å². The second-order valence-electron chi connectivity index (χ2n) is 4.43. The number of hydrogen-bond acceptors (Lipinski definition) is 5. The molecule has 0 amide bonds. The summed E-state index contributed by atoms with van der Waals surface area (Å²) in [5, 5.41) is 28.7. The Morgan fingerprint density at radius 2 is 2.21 bits per heavy atom. The van der Waals surface area contributed by atoms with Gasteiger partial charge in [-0.2, -0.15) is 5.26 Å². The lowest BCUT2D eigenvalue weighted by atomic mass is 10.1. The van der Waals surface area contributed by atoms with Crippen LogP contribution < -0.4 is 4.90 Å². The highest BCUT2D eigenvalue weighted by Gasteiger charge is 2.17. The topological polar surface area (TPSA) is 90.4 Å². The first-order valence-electron chi connectivity index (χ1n) is 6.07. The van der Waals surface area contributed by atoms with Gasteiger partial charge in [0.2, 0.25) is 0 Å². The molecule has 0 saturated carbocycles. The van der Waals surface area contributed by atoms with E-state index in [2.05, 4.69) is 0 Å². The molecule has 0 aliphatic heterocycles. The first kappa shape index (κ1) is 14.9. The Morgan fingerprint density at radius 1 is 1.53 bits per heavy atom. The van der Waals surface area contributed by atoms with Crippen molar-refractivity contribution in [2.24, 2.45) is 0 Å². The number of anilines is 1. The van der Waals surface area contributed by atoms with E-state index in [1.807, 2.05) is 24.8 Å². The van der Waals surface area contributed by atoms with Gasteiger partial charge in [-0.1, -0.05) is 0 Å². The Hall–Kier alpha value is -2.13. The number of hydrogen-bond donors (Lipinski definition) is 1. The summed E-state index contributed by atoms with van der Waals surface area (Å²) >= 11 is 0. The van der Waals surface area contributed by atoms with Crippen LogP contribution in [0, 0.1) is 21.4 Å². The van der Waals surface area contributed by atoms with Crippen LogP contribution in [0.2, 0.25) is 0 Å². The van der Waals surface area contributed by atoms with Crippen molar-refractivity contribution in [3.63, 3.8) is 0 Å². The molecule has 0 bridgehead atoms. The van der Waals surface area contributed by atoms with Gasteiger partial charge in [0, 0.05) is 31.3 Å². The van der Waals surface area contributed by atoms with E-state index in [1.54, 1.807) is 6.07 Å². The summed E-state index contributed by atoms with van der Waals surface area (Å²) in [4.78, 5) is 12.1. The molecule has 0 atom stereocenters. The quantitative estimate of drug-likeness (QED) is 0.626. The summed E-state index contributed by atoms with van der Waals surface area (Å²) in [7, 11) is 0. The van der Waals surface area contributed by atoms with Crippen LogP contribution >= 0.6 is 0 Å². The zero-order valence-electron chi connectivity index (χ0n) is 11.0. The number of aliphatic hydroxyl groups excluding tert-OH is 1. The minimum Gasteiger partial charge on any atom is -0.396 e. The number of nitriles is 1. The second kappa shape index (κ2) is 6.71. The summed E-state index contributed by atoms with van der Waals surface area (Å²) in [6.45, 7) is 4.61. The molecule has 1 N–H and O–H groups in total. The van der Waals surface area contributed by atoms with Crippen molar-refractivity contribution in [1.29, 1.82) is 5.26 Å². The predicted molar refractivity (Wildman–Crippen MR) is 72.0 cm³/mol. The van der Waals surface area contributed by atoms with Gasteiger partial charge in [-0.3, -0.25) is 10.1 Å². The highest BCUT2D eigenvalue weighted by Crippen LogP contribution is 2.26. The Morgan fingerprint density at radius 3 is 2.68 bits per heavy atom. The Kier molecular flexibility index (Phi) is 5.27. The van der Waals surface area contributed by atoms with Crippen LogP contribution in [0.1, 0.15) is 25.8 Å². The molecule has 0 radical (unpaired) electrons. The molecule has 19 heavy (non-hydrogen) atoms. The molecule has 0 heterocycles. The maximum absolute atomic E-state index is 10.7. The molecule has 0 saturated heterocycles. The van der Waals surface area contributed by atoms with Crippen molar-refractivity contribution in [2.75, 3.05) is 18.1 Å². The number of rotatable bonds is 6. The lowest BCUT2D eigenvalue weighted by Crippen LogP contribution is -2.32. The van der Waals surface area contributed by atoms with Crippen molar-refractivity contribution in [3.05, 3.63) is 33.9 Å². The zero-order valence-corrected chi connectivity index (χ0v) is 11.0. The van der Waals surface area contributed by atoms with Crippen LogP contribution in [-0.2, 0) is 0 Å². The fourth-order valence-electron chi connectivity index (χ4n) is 1.88. The molecule has 1 aromatic rings. The van der Waals surface area contributed by atoms with E-state index in [9.17, 15) is 10.1 Å². The number of nitrogens with zero attached hydrogens (tertiary/aromatic N) is 3. The van der Waals surface area contributed by atoms with Crippen molar-refractivity contribution in [2.45, 2.75) is 26.3 Å².